The first-order valence-electron chi connectivity index (χ1n) is 5.54. The van der Waals surface area contributed by atoms with Crippen molar-refractivity contribution in [1.82, 2.24) is 0 Å². The summed E-state index contributed by atoms with van der Waals surface area (Å²) in [6, 6.07) is 8.68. The zero-order valence-corrected chi connectivity index (χ0v) is 9.92. The van der Waals surface area contributed by atoms with Gasteiger partial charge in [0.15, 0.2) is 0 Å². The third-order valence-corrected chi connectivity index (χ3v) is 2.91. The van der Waals surface area contributed by atoms with E-state index in [4.69, 9.17) is 5.26 Å². The fraction of sp³-hybridized carbons (Fsp3) is 0.308. The molecule has 0 aromatic heterocycles. The summed E-state index contributed by atoms with van der Waals surface area (Å²) in [4.78, 5) is 24.5. The van der Waals surface area contributed by atoms with Gasteiger partial charge in [0.1, 0.15) is 0 Å². The van der Waals surface area contributed by atoms with Gasteiger partial charge < -0.3 is 9.64 Å². The Morgan fingerprint density at radius 2 is 2.11 bits per heavy atom. The van der Waals surface area contributed by atoms with Crippen molar-refractivity contribution < 1.29 is 14.3 Å². The van der Waals surface area contributed by atoms with Gasteiger partial charge in [-0.25, -0.2) is 4.79 Å². The molecule has 0 saturated carbocycles. The number of benzene rings is 1. The van der Waals surface area contributed by atoms with Gasteiger partial charge in [-0.1, -0.05) is 0 Å². The van der Waals surface area contributed by atoms with E-state index in [-0.39, 0.29) is 18.2 Å². The van der Waals surface area contributed by atoms with Crippen LogP contribution in [-0.4, -0.2) is 25.5 Å². The van der Waals surface area contributed by atoms with Gasteiger partial charge in [0.2, 0.25) is 5.91 Å². The summed E-state index contributed by atoms with van der Waals surface area (Å²) in [6.45, 7) is 0.410. The van der Waals surface area contributed by atoms with E-state index < -0.39 is 5.97 Å². The molecule has 18 heavy (non-hydrogen) atoms. The van der Waals surface area contributed by atoms with E-state index in [1.54, 1.807) is 29.2 Å². The maximum absolute atomic E-state index is 11.7. The van der Waals surface area contributed by atoms with Crippen molar-refractivity contribution in [3.05, 3.63) is 29.8 Å². The van der Waals surface area contributed by atoms with Crippen molar-refractivity contribution in [3.63, 3.8) is 0 Å². The second-order valence-corrected chi connectivity index (χ2v) is 4.07. The van der Waals surface area contributed by atoms with Crippen LogP contribution in [0.15, 0.2) is 24.3 Å². The van der Waals surface area contributed by atoms with Crippen molar-refractivity contribution in [1.29, 1.82) is 5.26 Å². The summed E-state index contributed by atoms with van der Waals surface area (Å²) in [5.41, 5.74) is 1.13. The minimum Gasteiger partial charge on any atom is -0.465 e. The molecule has 2 rings (SSSR count). The van der Waals surface area contributed by atoms with Gasteiger partial charge >= 0.3 is 5.97 Å². The summed E-state index contributed by atoms with van der Waals surface area (Å²) in [5.74, 6) is -0.727. The highest BCUT2D eigenvalue weighted by molar-refractivity contribution is 5.97. The van der Waals surface area contributed by atoms with Crippen LogP contribution in [0.25, 0.3) is 0 Å². The van der Waals surface area contributed by atoms with Crippen LogP contribution >= 0.6 is 0 Å². The van der Waals surface area contributed by atoms with Crippen molar-refractivity contribution >= 4 is 17.6 Å². The number of methoxy groups -OCH3 is 1. The largest absolute Gasteiger partial charge is 0.465 e. The fourth-order valence-corrected chi connectivity index (χ4v) is 1.94. The lowest BCUT2D eigenvalue weighted by Crippen LogP contribution is -2.24. The number of hydrogen-bond donors (Lipinski definition) is 0. The summed E-state index contributed by atoms with van der Waals surface area (Å²) in [5, 5.41) is 8.81. The molecule has 0 radical (unpaired) electrons. The summed E-state index contributed by atoms with van der Waals surface area (Å²) < 4.78 is 4.59. The molecule has 1 unspecified atom stereocenters. The van der Waals surface area contributed by atoms with E-state index in [1.165, 1.54) is 7.11 Å². The second-order valence-electron chi connectivity index (χ2n) is 4.07. The standard InChI is InChI=1S/C13H12N2O3/c1-18-13(17)10-2-4-11(5-3-10)15-8-9(7-14)6-12(15)16/h2-5,9H,6,8H2,1H3. The summed E-state index contributed by atoms with van der Waals surface area (Å²) in [6.07, 6.45) is 0.259. The maximum Gasteiger partial charge on any atom is 0.337 e. The average Bonchev–Trinajstić information content (AvgIpc) is 2.79. The molecule has 1 fully saturated rings. The van der Waals surface area contributed by atoms with Crippen molar-refractivity contribution in [2.45, 2.75) is 6.42 Å². The molecule has 1 aliphatic rings. The molecule has 1 amide bonds. The Morgan fingerprint density at radius 1 is 1.44 bits per heavy atom. The molecule has 0 spiro atoms. The van der Waals surface area contributed by atoms with Crippen LogP contribution in [0.3, 0.4) is 0 Å². The lowest BCUT2D eigenvalue weighted by atomic mass is 10.1. The van der Waals surface area contributed by atoms with Crippen LogP contribution in [0.5, 0.6) is 0 Å². The van der Waals surface area contributed by atoms with Gasteiger partial charge in [-0.2, -0.15) is 5.26 Å². The van der Waals surface area contributed by atoms with Crippen LogP contribution in [0.1, 0.15) is 16.8 Å². The van der Waals surface area contributed by atoms with Crippen LogP contribution in [-0.2, 0) is 9.53 Å². The normalized spacial score (nSPS) is 18.6. The number of nitriles is 1. The number of anilines is 1. The second kappa shape index (κ2) is 4.88. The number of nitrogens with zero attached hydrogens (tertiary/aromatic N) is 2. The van der Waals surface area contributed by atoms with Crippen LogP contribution < -0.4 is 4.90 Å². The maximum atomic E-state index is 11.7. The van der Waals surface area contributed by atoms with E-state index in [0.29, 0.717) is 17.8 Å². The molecule has 5 heteroatoms. The number of amides is 1. The highest BCUT2D eigenvalue weighted by Gasteiger charge is 2.30. The fourth-order valence-electron chi connectivity index (χ4n) is 1.94. The Balaban J connectivity index is 2.18. The Morgan fingerprint density at radius 3 is 2.61 bits per heavy atom. The number of rotatable bonds is 2. The van der Waals surface area contributed by atoms with E-state index in [0.717, 1.165) is 0 Å². The minimum atomic E-state index is -0.413. The van der Waals surface area contributed by atoms with Gasteiger partial charge in [-0.3, -0.25) is 4.79 Å². The molecular weight excluding hydrogens is 232 g/mol. The number of carbonyl (C=O) groups excluding carboxylic acids is 2. The van der Waals surface area contributed by atoms with Gasteiger partial charge in [0.05, 0.1) is 24.7 Å². The summed E-state index contributed by atoms with van der Waals surface area (Å²) in [7, 11) is 1.32. The van der Waals surface area contributed by atoms with Gasteiger partial charge in [0, 0.05) is 18.7 Å². The predicted octanol–water partition coefficient (Wildman–Crippen LogP) is 1.35. The molecule has 1 aliphatic heterocycles. The molecule has 1 heterocycles. The SMILES string of the molecule is COC(=O)c1ccc(N2CC(C#N)CC2=O)cc1. The monoisotopic (exact) mass is 244 g/mol. The zero-order chi connectivity index (χ0) is 13.1. The number of esters is 1. The first-order valence-corrected chi connectivity index (χ1v) is 5.54. The topological polar surface area (TPSA) is 70.4 Å². The first kappa shape index (κ1) is 12.1. The molecule has 1 aromatic rings. The lowest BCUT2D eigenvalue weighted by Gasteiger charge is -2.15. The van der Waals surface area contributed by atoms with Gasteiger partial charge in [-0.05, 0) is 24.3 Å². The van der Waals surface area contributed by atoms with Gasteiger partial charge in [-0.15, -0.1) is 0 Å². The average molecular weight is 244 g/mol. The Hall–Kier alpha value is -2.35. The number of ether oxygens (including phenoxy) is 1. The molecule has 0 N–H and O–H groups in total. The van der Waals surface area contributed by atoms with E-state index in [1.807, 2.05) is 0 Å². The van der Waals surface area contributed by atoms with Crippen LogP contribution in [0.2, 0.25) is 0 Å². The summed E-state index contributed by atoms with van der Waals surface area (Å²) >= 11 is 0. The Kier molecular flexibility index (Phi) is 3.28. The molecular formula is C13H12N2O3. The Bertz CT molecular complexity index is 516. The molecule has 1 atom stereocenters. The lowest BCUT2D eigenvalue weighted by molar-refractivity contribution is -0.117. The van der Waals surface area contributed by atoms with E-state index in [2.05, 4.69) is 10.8 Å². The van der Waals surface area contributed by atoms with Crippen molar-refractivity contribution in [3.8, 4) is 6.07 Å². The Labute approximate surface area is 105 Å². The molecule has 1 saturated heterocycles. The molecule has 0 aliphatic carbocycles. The highest BCUT2D eigenvalue weighted by Crippen LogP contribution is 2.24. The third kappa shape index (κ3) is 2.18. The third-order valence-electron chi connectivity index (χ3n) is 2.91. The first-order chi connectivity index (χ1) is 8.65. The minimum absolute atomic E-state index is 0.0626. The quantitative estimate of drug-likeness (QED) is 0.736. The number of carbonyl (C=O) groups is 2. The molecule has 92 valence electrons. The highest BCUT2D eigenvalue weighted by atomic mass is 16.5. The smallest absolute Gasteiger partial charge is 0.337 e. The molecule has 5 nitrogen and oxygen atoms in total. The van der Waals surface area contributed by atoms with E-state index in [9.17, 15) is 9.59 Å². The van der Waals surface area contributed by atoms with E-state index >= 15 is 0 Å². The number of hydrogen-bond acceptors (Lipinski definition) is 4. The van der Waals surface area contributed by atoms with Gasteiger partial charge in [0.25, 0.3) is 0 Å². The predicted molar refractivity (Wildman–Crippen MR) is 63.9 cm³/mol. The molecule has 1 aromatic carbocycles. The zero-order valence-electron chi connectivity index (χ0n) is 9.92. The van der Waals surface area contributed by atoms with Crippen LogP contribution in [0, 0.1) is 17.2 Å². The van der Waals surface area contributed by atoms with Crippen molar-refractivity contribution in [2.75, 3.05) is 18.6 Å². The van der Waals surface area contributed by atoms with Crippen molar-refractivity contribution in [2.24, 2.45) is 5.92 Å². The molecule has 0 bridgehead atoms. The van der Waals surface area contributed by atoms with Crippen LogP contribution in [0.4, 0.5) is 5.69 Å².